The van der Waals surface area contributed by atoms with Gasteiger partial charge in [0, 0.05) is 44.9 Å². The van der Waals surface area contributed by atoms with E-state index in [0.29, 0.717) is 21.9 Å². The lowest BCUT2D eigenvalue weighted by Crippen LogP contribution is -2.17. The highest BCUT2D eigenvalue weighted by Gasteiger charge is 2.11. The Morgan fingerprint density at radius 2 is 1.71 bits per heavy atom. The molecule has 11 heteroatoms. The van der Waals surface area contributed by atoms with Gasteiger partial charge in [-0.05, 0) is 70.9 Å². The molecule has 2 N–H and O–H groups in total. The second kappa shape index (κ2) is 13.4. The molecule has 0 saturated carbocycles. The number of non-ortho nitro benzene ring substituents is 1. The molecule has 1 aromatic heterocycles. The van der Waals surface area contributed by atoms with Crippen molar-refractivity contribution in [2.24, 2.45) is 5.10 Å². The minimum atomic E-state index is -0.441. The Morgan fingerprint density at radius 3 is 2.47 bits per heavy atom. The van der Waals surface area contributed by atoms with Crippen molar-refractivity contribution in [3.8, 4) is 17.0 Å². The van der Waals surface area contributed by atoms with Crippen molar-refractivity contribution in [1.82, 2.24) is 10.4 Å². The predicted octanol–water partition coefficient (Wildman–Crippen LogP) is 8.61. The van der Waals surface area contributed by atoms with Gasteiger partial charge in [-0.2, -0.15) is 5.10 Å². The Bertz CT molecular complexity index is 2010. The molecule has 0 fully saturated rings. The van der Waals surface area contributed by atoms with Gasteiger partial charge < -0.3 is 10.1 Å². The zero-order valence-corrected chi connectivity index (χ0v) is 25.1. The second-order valence-corrected chi connectivity index (χ2v) is 11.2. The topological polar surface area (TPSA) is 119 Å². The molecule has 6 aromatic rings. The fourth-order valence-corrected chi connectivity index (χ4v) is 5.41. The number of nitro benzene ring substituents is 1. The molecule has 1 heterocycles. The summed E-state index contributed by atoms with van der Waals surface area (Å²) in [6.45, 7) is 0.202. The molecule has 0 aliphatic rings. The highest BCUT2D eigenvalue weighted by molar-refractivity contribution is 7.14. The number of hydrogen-bond donors (Lipinski definition) is 2. The summed E-state index contributed by atoms with van der Waals surface area (Å²) in [5.74, 6) is 0.192. The molecule has 222 valence electrons. The highest BCUT2D eigenvalue weighted by Crippen LogP contribution is 2.29. The van der Waals surface area contributed by atoms with E-state index in [2.05, 4.69) is 20.8 Å². The SMILES string of the molecule is O=C(N/N=C\c1c(OCc2ccc([N+](=O)[O-])cc2)ccc2ccccc12)c1ccc(-c2csc(Nc3ccc(Cl)cc3)n2)cc1. The van der Waals surface area contributed by atoms with Crippen LogP contribution in [0, 0.1) is 10.1 Å². The van der Waals surface area contributed by atoms with E-state index >= 15 is 0 Å². The number of thiazole rings is 1. The van der Waals surface area contributed by atoms with Gasteiger partial charge in [0.25, 0.3) is 11.6 Å². The quantitative estimate of drug-likeness (QED) is 0.0885. The van der Waals surface area contributed by atoms with Crippen molar-refractivity contribution in [2.75, 3.05) is 5.32 Å². The molecule has 1 amide bonds. The van der Waals surface area contributed by atoms with E-state index in [1.807, 2.05) is 78.2 Å². The molecular formula is C34H24ClN5O4S. The van der Waals surface area contributed by atoms with Crippen LogP contribution >= 0.6 is 22.9 Å². The van der Waals surface area contributed by atoms with Crippen LogP contribution in [-0.2, 0) is 6.61 Å². The van der Waals surface area contributed by atoms with Gasteiger partial charge in [0.2, 0.25) is 0 Å². The van der Waals surface area contributed by atoms with Gasteiger partial charge in [0.1, 0.15) is 12.4 Å². The molecule has 45 heavy (non-hydrogen) atoms. The molecule has 9 nitrogen and oxygen atoms in total. The summed E-state index contributed by atoms with van der Waals surface area (Å²) in [7, 11) is 0. The van der Waals surface area contributed by atoms with Crippen LogP contribution in [0.2, 0.25) is 5.02 Å². The largest absolute Gasteiger partial charge is 0.488 e. The van der Waals surface area contributed by atoms with Crippen LogP contribution in [0.5, 0.6) is 5.75 Å². The van der Waals surface area contributed by atoms with Crippen LogP contribution in [-0.4, -0.2) is 22.0 Å². The van der Waals surface area contributed by atoms with Crippen LogP contribution in [0.25, 0.3) is 22.0 Å². The molecule has 0 atom stereocenters. The molecule has 0 saturated heterocycles. The summed E-state index contributed by atoms with van der Waals surface area (Å²) in [5.41, 5.74) is 7.09. The van der Waals surface area contributed by atoms with Crippen LogP contribution in [0.1, 0.15) is 21.5 Å². The number of hydrazone groups is 1. The number of anilines is 2. The molecular weight excluding hydrogens is 610 g/mol. The first kappa shape index (κ1) is 29.5. The summed E-state index contributed by atoms with van der Waals surface area (Å²) in [5, 5.41) is 23.7. The maximum absolute atomic E-state index is 12.9. The normalized spacial score (nSPS) is 11.0. The number of aromatic nitrogens is 1. The summed E-state index contributed by atoms with van der Waals surface area (Å²) < 4.78 is 6.08. The number of halogens is 1. The van der Waals surface area contributed by atoms with Crippen molar-refractivity contribution in [3.63, 3.8) is 0 Å². The average molecular weight is 634 g/mol. The number of nitrogens with zero attached hydrogens (tertiary/aromatic N) is 3. The van der Waals surface area contributed by atoms with E-state index in [9.17, 15) is 14.9 Å². The van der Waals surface area contributed by atoms with E-state index in [0.717, 1.165) is 38.4 Å². The monoisotopic (exact) mass is 633 g/mol. The number of ether oxygens (including phenoxy) is 1. The van der Waals surface area contributed by atoms with Crippen molar-refractivity contribution in [2.45, 2.75) is 6.61 Å². The predicted molar refractivity (Wildman–Crippen MR) is 179 cm³/mol. The summed E-state index contributed by atoms with van der Waals surface area (Å²) in [6.07, 6.45) is 1.56. The first-order chi connectivity index (χ1) is 21.9. The Labute approximate surface area is 266 Å². The number of benzene rings is 5. The standard InChI is InChI=1S/C34H24ClN5O4S/c35-26-12-14-27(15-13-26)37-34-38-31(21-45-34)24-7-9-25(10-8-24)33(41)39-36-19-30-29-4-2-1-3-23(29)11-18-32(30)44-20-22-5-16-28(17-6-22)40(42)43/h1-19,21H,20H2,(H,37,38)(H,39,41)/b36-19-. The van der Waals surface area contributed by atoms with E-state index in [1.54, 1.807) is 30.5 Å². The van der Waals surface area contributed by atoms with Gasteiger partial charge in [0.05, 0.1) is 16.8 Å². The zero-order valence-electron chi connectivity index (χ0n) is 23.5. The van der Waals surface area contributed by atoms with Crippen LogP contribution in [0.4, 0.5) is 16.5 Å². The zero-order chi connectivity index (χ0) is 31.2. The summed E-state index contributed by atoms with van der Waals surface area (Å²) in [4.78, 5) is 28.1. The first-order valence-corrected chi connectivity index (χ1v) is 15.0. The molecule has 0 aliphatic carbocycles. The second-order valence-electron chi connectivity index (χ2n) is 9.86. The van der Waals surface area contributed by atoms with Crippen molar-refractivity contribution in [1.29, 1.82) is 0 Å². The van der Waals surface area contributed by atoms with E-state index < -0.39 is 4.92 Å². The van der Waals surface area contributed by atoms with Gasteiger partial charge in [-0.15, -0.1) is 11.3 Å². The Hall–Kier alpha value is -5.58. The summed E-state index contributed by atoms with van der Waals surface area (Å²) >= 11 is 7.44. The first-order valence-electron chi connectivity index (χ1n) is 13.7. The highest BCUT2D eigenvalue weighted by atomic mass is 35.5. The fourth-order valence-electron chi connectivity index (χ4n) is 4.54. The minimum absolute atomic E-state index is 0.0162. The third-order valence-electron chi connectivity index (χ3n) is 6.87. The third kappa shape index (κ3) is 7.15. The van der Waals surface area contributed by atoms with Crippen LogP contribution in [0.3, 0.4) is 0 Å². The van der Waals surface area contributed by atoms with Crippen molar-refractivity contribution >= 4 is 62.3 Å². The smallest absolute Gasteiger partial charge is 0.271 e. The van der Waals surface area contributed by atoms with E-state index in [-0.39, 0.29) is 18.2 Å². The molecule has 0 bridgehead atoms. The molecule has 5 aromatic carbocycles. The number of nitro groups is 1. The van der Waals surface area contributed by atoms with E-state index in [4.69, 9.17) is 16.3 Å². The molecule has 0 spiro atoms. The number of rotatable bonds is 10. The van der Waals surface area contributed by atoms with Gasteiger partial charge in [-0.25, -0.2) is 10.4 Å². The van der Waals surface area contributed by atoms with Crippen LogP contribution < -0.4 is 15.5 Å². The van der Waals surface area contributed by atoms with Gasteiger partial charge in [-0.3, -0.25) is 14.9 Å². The molecule has 6 rings (SSSR count). The van der Waals surface area contributed by atoms with Gasteiger partial charge in [0.15, 0.2) is 5.13 Å². The minimum Gasteiger partial charge on any atom is -0.488 e. The lowest BCUT2D eigenvalue weighted by Gasteiger charge is -2.12. The molecule has 0 unspecified atom stereocenters. The molecule has 0 aliphatic heterocycles. The average Bonchev–Trinajstić information content (AvgIpc) is 3.54. The lowest BCUT2D eigenvalue weighted by atomic mass is 10.0. The van der Waals surface area contributed by atoms with E-state index in [1.165, 1.54) is 23.5 Å². The summed E-state index contributed by atoms with van der Waals surface area (Å²) in [6, 6.07) is 32.3. The number of fused-ring (bicyclic) bond motifs is 1. The maximum Gasteiger partial charge on any atom is 0.271 e. The van der Waals surface area contributed by atoms with Crippen molar-refractivity contribution in [3.05, 3.63) is 146 Å². The number of hydrogen-bond acceptors (Lipinski definition) is 8. The molecule has 0 radical (unpaired) electrons. The number of nitrogens with one attached hydrogen (secondary N) is 2. The Morgan fingerprint density at radius 1 is 0.956 bits per heavy atom. The number of amides is 1. The number of carbonyl (C=O) groups is 1. The Balaban J connectivity index is 1.13. The lowest BCUT2D eigenvalue weighted by molar-refractivity contribution is -0.384. The van der Waals surface area contributed by atoms with Gasteiger partial charge >= 0.3 is 0 Å². The fraction of sp³-hybridized carbons (Fsp3) is 0.0294. The Kier molecular flexibility index (Phi) is 8.77. The third-order valence-corrected chi connectivity index (χ3v) is 7.88. The van der Waals surface area contributed by atoms with Crippen LogP contribution in [0.15, 0.2) is 120 Å². The van der Waals surface area contributed by atoms with Gasteiger partial charge in [-0.1, -0.05) is 54.1 Å². The van der Waals surface area contributed by atoms with Crippen molar-refractivity contribution < 1.29 is 14.5 Å². The number of carbonyl (C=O) groups excluding carboxylic acids is 1. The maximum atomic E-state index is 12.9.